The Hall–Kier alpha value is -2.84. The first-order valence-electron chi connectivity index (χ1n) is 10.5. The van der Waals surface area contributed by atoms with Crippen LogP contribution in [0.1, 0.15) is 27.8 Å². The standard InChI is InChI=1S/C25H27F3N2O2S/c1-17-13-18(2)24(19(3)14-17)33(31,32)30-23(25(26,27)28)16-29-22-12-8-7-11-21(22)15-20-9-5-4-6-10-20/h4-14,23,29-30H,15-16H2,1-3H3. The predicted molar refractivity (Wildman–Crippen MR) is 125 cm³/mol. The van der Waals surface area contributed by atoms with E-state index in [0.29, 0.717) is 23.2 Å². The molecule has 0 saturated carbocycles. The first-order valence-corrected chi connectivity index (χ1v) is 12.0. The Labute approximate surface area is 192 Å². The van der Waals surface area contributed by atoms with Gasteiger partial charge in [-0.2, -0.15) is 17.9 Å². The van der Waals surface area contributed by atoms with Gasteiger partial charge in [-0.05, 0) is 55.5 Å². The highest BCUT2D eigenvalue weighted by Crippen LogP contribution is 2.27. The largest absolute Gasteiger partial charge is 0.406 e. The Kier molecular flexibility index (Phi) is 7.49. The summed E-state index contributed by atoms with van der Waals surface area (Å²) in [6, 6.07) is 17.6. The number of sulfonamides is 1. The maximum Gasteiger partial charge on any atom is 0.406 e. The highest BCUT2D eigenvalue weighted by molar-refractivity contribution is 7.89. The number of benzene rings is 3. The molecule has 0 saturated heterocycles. The SMILES string of the molecule is Cc1cc(C)c(S(=O)(=O)NC(CNc2ccccc2Cc2ccccc2)C(F)(F)F)c(C)c1. The van der Waals surface area contributed by atoms with Crippen LogP contribution in [0.2, 0.25) is 0 Å². The Bertz CT molecular complexity index is 1190. The quantitative estimate of drug-likeness (QED) is 0.450. The number of halogens is 3. The fourth-order valence-corrected chi connectivity index (χ4v) is 5.61. The molecule has 8 heteroatoms. The zero-order valence-corrected chi connectivity index (χ0v) is 19.5. The number of aryl methyl sites for hydroxylation is 3. The number of alkyl halides is 3. The van der Waals surface area contributed by atoms with Crippen molar-refractivity contribution in [2.75, 3.05) is 11.9 Å². The second-order valence-electron chi connectivity index (χ2n) is 8.14. The van der Waals surface area contributed by atoms with Gasteiger partial charge in [-0.25, -0.2) is 8.42 Å². The lowest BCUT2D eigenvalue weighted by atomic mass is 10.0. The van der Waals surface area contributed by atoms with Gasteiger partial charge in [-0.15, -0.1) is 0 Å². The van der Waals surface area contributed by atoms with E-state index in [-0.39, 0.29) is 4.90 Å². The lowest BCUT2D eigenvalue weighted by Crippen LogP contribution is -2.49. The second-order valence-corrected chi connectivity index (χ2v) is 9.79. The van der Waals surface area contributed by atoms with Crippen LogP contribution >= 0.6 is 0 Å². The van der Waals surface area contributed by atoms with Gasteiger partial charge in [0.15, 0.2) is 0 Å². The van der Waals surface area contributed by atoms with Gasteiger partial charge in [0.1, 0.15) is 6.04 Å². The highest BCUT2D eigenvalue weighted by Gasteiger charge is 2.42. The van der Waals surface area contributed by atoms with E-state index in [0.717, 1.165) is 16.7 Å². The van der Waals surface area contributed by atoms with Crippen LogP contribution in [0.15, 0.2) is 71.6 Å². The summed E-state index contributed by atoms with van der Waals surface area (Å²) in [4.78, 5) is -0.119. The average Bonchev–Trinajstić information content (AvgIpc) is 2.71. The lowest BCUT2D eigenvalue weighted by molar-refractivity contribution is -0.148. The molecule has 0 aliphatic heterocycles. The van der Waals surface area contributed by atoms with Crippen molar-refractivity contribution in [2.45, 2.75) is 44.3 Å². The molecule has 0 spiro atoms. The van der Waals surface area contributed by atoms with Gasteiger partial charge in [-0.3, -0.25) is 0 Å². The van der Waals surface area contributed by atoms with E-state index in [1.54, 1.807) is 45.0 Å². The molecule has 0 radical (unpaired) electrons. The molecule has 176 valence electrons. The van der Waals surface area contributed by atoms with E-state index in [9.17, 15) is 21.6 Å². The van der Waals surface area contributed by atoms with Crippen LogP contribution in [-0.2, 0) is 16.4 Å². The van der Waals surface area contributed by atoms with E-state index >= 15 is 0 Å². The fraction of sp³-hybridized carbons (Fsp3) is 0.280. The average molecular weight is 477 g/mol. The third-order valence-electron chi connectivity index (χ3n) is 5.32. The fourth-order valence-electron chi connectivity index (χ4n) is 3.94. The summed E-state index contributed by atoms with van der Waals surface area (Å²) in [5, 5.41) is 2.81. The summed E-state index contributed by atoms with van der Waals surface area (Å²) < 4.78 is 69.2. The van der Waals surface area contributed by atoms with Gasteiger partial charge in [0.25, 0.3) is 0 Å². The maximum absolute atomic E-state index is 13.8. The number of hydrogen-bond acceptors (Lipinski definition) is 3. The molecular formula is C25H27F3N2O2S. The number of para-hydroxylation sites is 1. The molecule has 3 rings (SSSR count). The van der Waals surface area contributed by atoms with E-state index in [4.69, 9.17) is 0 Å². The molecule has 0 aromatic heterocycles. The second kappa shape index (κ2) is 9.97. The molecule has 1 atom stereocenters. The van der Waals surface area contributed by atoms with E-state index < -0.39 is 28.8 Å². The topological polar surface area (TPSA) is 58.2 Å². The monoisotopic (exact) mass is 476 g/mol. The molecule has 0 amide bonds. The first-order chi connectivity index (χ1) is 15.5. The van der Waals surface area contributed by atoms with Crippen LogP contribution in [-0.4, -0.2) is 27.2 Å². The van der Waals surface area contributed by atoms with E-state index in [1.807, 2.05) is 47.2 Å². The minimum atomic E-state index is -4.78. The van der Waals surface area contributed by atoms with Crippen molar-refractivity contribution in [3.8, 4) is 0 Å². The smallest absolute Gasteiger partial charge is 0.383 e. The van der Waals surface area contributed by atoms with Crippen molar-refractivity contribution in [1.82, 2.24) is 4.72 Å². The van der Waals surface area contributed by atoms with Crippen molar-refractivity contribution in [1.29, 1.82) is 0 Å². The van der Waals surface area contributed by atoms with Crippen LogP contribution in [0, 0.1) is 20.8 Å². The van der Waals surface area contributed by atoms with Crippen molar-refractivity contribution in [3.63, 3.8) is 0 Å². The minimum Gasteiger partial charge on any atom is -0.383 e. The Morgan fingerprint density at radius 2 is 1.45 bits per heavy atom. The molecule has 0 heterocycles. The van der Waals surface area contributed by atoms with Crippen molar-refractivity contribution < 1.29 is 21.6 Å². The molecule has 0 bridgehead atoms. The Balaban J connectivity index is 1.82. The molecule has 1 unspecified atom stereocenters. The first kappa shape index (κ1) is 24.8. The number of nitrogens with one attached hydrogen (secondary N) is 2. The lowest BCUT2D eigenvalue weighted by Gasteiger charge is -2.24. The normalized spacial score (nSPS) is 13.0. The number of hydrogen-bond donors (Lipinski definition) is 2. The van der Waals surface area contributed by atoms with E-state index in [1.165, 1.54) is 0 Å². The van der Waals surface area contributed by atoms with Crippen molar-refractivity contribution in [2.24, 2.45) is 0 Å². The molecule has 0 aliphatic carbocycles. The van der Waals surface area contributed by atoms with Crippen LogP contribution in [0.5, 0.6) is 0 Å². The summed E-state index contributed by atoms with van der Waals surface area (Å²) in [7, 11) is -4.39. The van der Waals surface area contributed by atoms with Crippen LogP contribution in [0.4, 0.5) is 18.9 Å². The Morgan fingerprint density at radius 3 is 2.06 bits per heavy atom. The van der Waals surface area contributed by atoms with Gasteiger partial charge in [0.05, 0.1) is 4.90 Å². The number of anilines is 1. The van der Waals surface area contributed by atoms with Gasteiger partial charge in [0.2, 0.25) is 10.0 Å². The highest BCUT2D eigenvalue weighted by atomic mass is 32.2. The third kappa shape index (κ3) is 6.36. The summed E-state index contributed by atoms with van der Waals surface area (Å²) in [6.45, 7) is 4.32. The molecular weight excluding hydrogens is 449 g/mol. The summed E-state index contributed by atoms with van der Waals surface area (Å²) >= 11 is 0. The summed E-state index contributed by atoms with van der Waals surface area (Å²) in [5.74, 6) is 0. The van der Waals surface area contributed by atoms with Crippen LogP contribution < -0.4 is 10.0 Å². The minimum absolute atomic E-state index is 0.119. The molecule has 3 aromatic rings. The third-order valence-corrected chi connectivity index (χ3v) is 7.09. The zero-order chi connectivity index (χ0) is 24.2. The Morgan fingerprint density at radius 1 is 0.879 bits per heavy atom. The van der Waals surface area contributed by atoms with E-state index in [2.05, 4.69) is 5.32 Å². The molecule has 4 nitrogen and oxygen atoms in total. The van der Waals surface area contributed by atoms with Gasteiger partial charge in [0, 0.05) is 12.2 Å². The van der Waals surface area contributed by atoms with Gasteiger partial charge >= 0.3 is 6.18 Å². The van der Waals surface area contributed by atoms with Crippen molar-refractivity contribution in [3.05, 3.63) is 94.5 Å². The maximum atomic E-state index is 13.8. The van der Waals surface area contributed by atoms with Gasteiger partial charge in [-0.1, -0.05) is 66.2 Å². The molecule has 0 fully saturated rings. The van der Waals surface area contributed by atoms with Gasteiger partial charge < -0.3 is 5.32 Å². The molecule has 2 N–H and O–H groups in total. The summed E-state index contributed by atoms with van der Waals surface area (Å²) in [5.41, 5.74) is 4.01. The van der Waals surface area contributed by atoms with Crippen LogP contribution in [0.25, 0.3) is 0 Å². The number of rotatable bonds is 8. The van der Waals surface area contributed by atoms with Crippen LogP contribution in [0.3, 0.4) is 0 Å². The predicted octanol–water partition coefficient (Wildman–Crippen LogP) is 5.52. The van der Waals surface area contributed by atoms with Crippen molar-refractivity contribution >= 4 is 15.7 Å². The zero-order valence-electron chi connectivity index (χ0n) is 18.7. The summed E-state index contributed by atoms with van der Waals surface area (Å²) in [6.07, 6.45) is -4.24. The molecule has 0 aliphatic rings. The molecule has 3 aromatic carbocycles. The molecule has 33 heavy (non-hydrogen) atoms.